The highest BCUT2D eigenvalue weighted by Crippen LogP contribution is 2.65. The molecule has 1 aliphatic rings. The van der Waals surface area contributed by atoms with Gasteiger partial charge in [0.25, 0.3) is 0 Å². The summed E-state index contributed by atoms with van der Waals surface area (Å²) in [6.45, 7) is 14.2. The molecule has 2 atom stereocenters. The summed E-state index contributed by atoms with van der Waals surface area (Å²) in [6.07, 6.45) is 0. The third-order valence-electron chi connectivity index (χ3n) is 5.38. The van der Waals surface area contributed by atoms with Gasteiger partial charge < -0.3 is 5.32 Å². The van der Waals surface area contributed by atoms with Crippen molar-refractivity contribution in [3.8, 4) is 0 Å². The highest BCUT2D eigenvalue weighted by atomic mass is 15.0. The fourth-order valence-corrected chi connectivity index (χ4v) is 2.92. The molecule has 0 aromatic heterocycles. The molecule has 1 fully saturated rings. The quantitative estimate of drug-likeness (QED) is 0.636. The molecule has 0 bridgehead atoms. The lowest BCUT2D eigenvalue weighted by Crippen LogP contribution is -2.75. The normalized spacial score (nSPS) is 43.8. The van der Waals surface area contributed by atoms with Crippen LogP contribution in [0.1, 0.15) is 41.5 Å². The Kier molecular flexibility index (Phi) is 1.89. The molecule has 0 heterocycles. The maximum absolute atomic E-state index is 3.47. The van der Waals surface area contributed by atoms with Gasteiger partial charge in [-0.2, -0.15) is 0 Å². The minimum absolute atomic E-state index is 0.302. The molecule has 1 nitrogen and oxygen atoms in total. The van der Waals surface area contributed by atoms with E-state index >= 15 is 0 Å². The summed E-state index contributed by atoms with van der Waals surface area (Å²) in [6, 6.07) is 0. The van der Waals surface area contributed by atoms with Crippen molar-refractivity contribution >= 4 is 0 Å². The minimum Gasteiger partial charge on any atom is -0.314 e. The molecule has 0 spiro atoms. The second-order valence-electron chi connectivity index (χ2n) is 5.52. The molecular weight excluding hydrogens is 146 g/mol. The van der Waals surface area contributed by atoms with Crippen LogP contribution in [0.3, 0.4) is 0 Å². The van der Waals surface area contributed by atoms with Gasteiger partial charge in [0.2, 0.25) is 0 Å². The molecule has 0 aromatic carbocycles. The molecule has 1 N–H and O–H groups in total. The van der Waals surface area contributed by atoms with Crippen LogP contribution in [0.25, 0.3) is 0 Å². The van der Waals surface area contributed by atoms with E-state index in [1.807, 2.05) is 0 Å². The molecule has 1 aliphatic carbocycles. The molecule has 1 rings (SSSR count). The summed E-state index contributed by atoms with van der Waals surface area (Å²) in [5.74, 6) is 0.741. The summed E-state index contributed by atoms with van der Waals surface area (Å²) >= 11 is 0. The van der Waals surface area contributed by atoms with E-state index in [2.05, 4.69) is 53.9 Å². The zero-order valence-corrected chi connectivity index (χ0v) is 9.58. The van der Waals surface area contributed by atoms with Gasteiger partial charge >= 0.3 is 0 Å². The maximum Gasteiger partial charge on any atom is 0.0237 e. The van der Waals surface area contributed by atoms with Gasteiger partial charge in [-0.15, -0.1) is 0 Å². The molecule has 0 radical (unpaired) electrons. The van der Waals surface area contributed by atoms with E-state index in [9.17, 15) is 0 Å². The zero-order valence-electron chi connectivity index (χ0n) is 9.58. The Bertz CT molecular complexity index is 190. The molecule has 72 valence electrons. The van der Waals surface area contributed by atoms with Gasteiger partial charge in [-0.3, -0.25) is 0 Å². The highest BCUT2D eigenvalue weighted by molar-refractivity contribution is 5.19. The topological polar surface area (TPSA) is 12.0 Å². The summed E-state index contributed by atoms with van der Waals surface area (Å²) in [5, 5.41) is 3.47. The van der Waals surface area contributed by atoms with Crippen LogP contribution in [0.5, 0.6) is 0 Å². The lowest BCUT2D eigenvalue weighted by atomic mass is 9.37. The SMILES string of the molecule is CNC1(C)C(C)C(C)(C)C1(C)C. The average molecular weight is 169 g/mol. The van der Waals surface area contributed by atoms with Gasteiger partial charge in [0, 0.05) is 5.54 Å². The van der Waals surface area contributed by atoms with Crippen molar-refractivity contribution in [2.45, 2.75) is 47.1 Å². The summed E-state index contributed by atoms with van der Waals surface area (Å²) < 4.78 is 0. The van der Waals surface area contributed by atoms with E-state index in [4.69, 9.17) is 0 Å². The molecule has 0 saturated heterocycles. The fraction of sp³-hybridized carbons (Fsp3) is 1.00. The lowest BCUT2D eigenvalue weighted by Gasteiger charge is -2.71. The highest BCUT2D eigenvalue weighted by Gasteiger charge is 2.66. The smallest absolute Gasteiger partial charge is 0.0237 e. The Morgan fingerprint density at radius 2 is 1.42 bits per heavy atom. The number of hydrogen-bond donors (Lipinski definition) is 1. The molecular formula is C11H23N. The third-order valence-corrected chi connectivity index (χ3v) is 5.38. The molecule has 1 heteroatoms. The van der Waals surface area contributed by atoms with Gasteiger partial charge in [0.05, 0.1) is 0 Å². The predicted molar refractivity (Wildman–Crippen MR) is 54.2 cm³/mol. The Hall–Kier alpha value is -0.0400. The lowest BCUT2D eigenvalue weighted by molar-refractivity contribution is -0.183. The van der Waals surface area contributed by atoms with E-state index in [0.717, 1.165) is 5.92 Å². The molecule has 2 unspecified atom stereocenters. The van der Waals surface area contributed by atoms with E-state index < -0.39 is 0 Å². The first-order valence-corrected chi connectivity index (χ1v) is 4.90. The largest absolute Gasteiger partial charge is 0.314 e. The minimum atomic E-state index is 0.302. The van der Waals surface area contributed by atoms with Crippen molar-refractivity contribution in [3.05, 3.63) is 0 Å². The van der Waals surface area contributed by atoms with Gasteiger partial charge in [-0.1, -0.05) is 34.6 Å². The fourth-order valence-electron chi connectivity index (χ4n) is 2.92. The van der Waals surface area contributed by atoms with Crippen molar-refractivity contribution in [1.29, 1.82) is 0 Å². The number of nitrogens with one attached hydrogen (secondary N) is 1. The number of hydrogen-bond acceptors (Lipinski definition) is 1. The maximum atomic E-state index is 3.47. The van der Waals surface area contributed by atoms with Crippen LogP contribution in [0.2, 0.25) is 0 Å². The van der Waals surface area contributed by atoms with Crippen molar-refractivity contribution in [2.24, 2.45) is 16.7 Å². The number of rotatable bonds is 1. The first-order chi connectivity index (χ1) is 5.22. The average Bonchev–Trinajstić information content (AvgIpc) is 2.00. The predicted octanol–water partition coefficient (Wildman–Crippen LogP) is 2.67. The zero-order chi connectivity index (χ0) is 9.78. The van der Waals surface area contributed by atoms with Crippen molar-refractivity contribution < 1.29 is 0 Å². The van der Waals surface area contributed by atoms with Gasteiger partial charge in [-0.25, -0.2) is 0 Å². The Labute approximate surface area is 76.9 Å². The summed E-state index contributed by atoms with van der Waals surface area (Å²) in [4.78, 5) is 0. The molecule has 0 amide bonds. The van der Waals surface area contributed by atoms with Crippen LogP contribution < -0.4 is 5.32 Å². The molecule has 0 aliphatic heterocycles. The summed E-state index contributed by atoms with van der Waals surface area (Å²) in [5.41, 5.74) is 1.13. The second-order valence-corrected chi connectivity index (χ2v) is 5.52. The van der Waals surface area contributed by atoms with Crippen LogP contribution in [0.4, 0.5) is 0 Å². The van der Waals surface area contributed by atoms with Crippen LogP contribution in [-0.2, 0) is 0 Å². The Morgan fingerprint density at radius 1 is 1.00 bits per heavy atom. The van der Waals surface area contributed by atoms with Crippen LogP contribution >= 0.6 is 0 Å². The molecule has 0 aromatic rings. The van der Waals surface area contributed by atoms with E-state index in [-0.39, 0.29) is 0 Å². The van der Waals surface area contributed by atoms with Crippen LogP contribution in [0.15, 0.2) is 0 Å². The Balaban J connectivity index is 3.00. The van der Waals surface area contributed by atoms with Crippen molar-refractivity contribution in [1.82, 2.24) is 5.32 Å². The standard InChI is InChI=1S/C11H23N/c1-8-9(2,3)10(4,5)11(8,6)12-7/h8,12H,1-7H3. The van der Waals surface area contributed by atoms with E-state index in [0.29, 0.717) is 16.4 Å². The van der Waals surface area contributed by atoms with Crippen molar-refractivity contribution in [3.63, 3.8) is 0 Å². The monoisotopic (exact) mass is 169 g/mol. The van der Waals surface area contributed by atoms with Gasteiger partial charge in [0.15, 0.2) is 0 Å². The second kappa shape index (κ2) is 2.25. The van der Waals surface area contributed by atoms with Gasteiger partial charge in [-0.05, 0) is 30.7 Å². The van der Waals surface area contributed by atoms with Crippen LogP contribution in [0, 0.1) is 16.7 Å². The van der Waals surface area contributed by atoms with E-state index in [1.54, 1.807) is 0 Å². The molecule has 1 saturated carbocycles. The van der Waals surface area contributed by atoms with E-state index in [1.165, 1.54) is 0 Å². The van der Waals surface area contributed by atoms with Gasteiger partial charge in [0.1, 0.15) is 0 Å². The first-order valence-electron chi connectivity index (χ1n) is 4.90. The molecule has 12 heavy (non-hydrogen) atoms. The Morgan fingerprint density at radius 3 is 1.58 bits per heavy atom. The van der Waals surface area contributed by atoms with Crippen molar-refractivity contribution in [2.75, 3.05) is 7.05 Å². The summed E-state index contributed by atoms with van der Waals surface area (Å²) in [7, 11) is 2.08. The van der Waals surface area contributed by atoms with Crippen LogP contribution in [-0.4, -0.2) is 12.6 Å². The third kappa shape index (κ3) is 0.736. The first kappa shape index (κ1) is 10.0.